The van der Waals surface area contributed by atoms with Crippen LogP contribution in [0.5, 0.6) is 17.2 Å². The van der Waals surface area contributed by atoms with Gasteiger partial charge in [-0.1, -0.05) is 29.8 Å². The molecule has 0 saturated heterocycles. The van der Waals surface area contributed by atoms with Gasteiger partial charge in [0, 0.05) is 23.9 Å². The second-order valence-electron chi connectivity index (χ2n) is 5.15. The standard InChI is InChI=1S/C19H21NO4/c1-13-5-7-14(8-6-13)9-10-18(21)20-15-11-16(22-2)19(24-4)17(12-15)23-3/h5-12H,1-4H3,(H,20,21)/b10-9+. The predicted molar refractivity (Wildman–Crippen MR) is 94.9 cm³/mol. The molecule has 24 heavy (non-hydrogen) atoms. The van der Waals surface area contributed by atoms with E-state index < -0.39 is 0 Å². The van der Waals surface area contributed by atoms with Crippen LogP contribution in [-0.4, -0.2) is 27.2 Å². The zero-order chi connectivity index (χ0) is 17.5. The summed E-state index contributed by atoms with van der Waals surface area (Å²) in [6.07, 6.45) is 3.24. The topological polar surface area (TPSA) is 56.8 Å². The molecule has 0 unspecified atom stereocenters. The van der Waals surface area contributed by atoms with Crippen molar-refractivity contribution in [2.24, 2.45) is 0 Å². The third kappa shape index (κ3) is 4.29. The number of methoxy groups -OCH3 is 3. The molecule has 0 radical (unpaired) electrons. The van der Waals surface area contributed by atoms with Crippen molar-refractivity contribution in [1.82, 2.24) is 0 Å². The van der Waals surface area contributed by atoms with Crippen LogP contribution in [0.15, 0.2) is 42.5 Å². The van der Waals surface area contributed by atoms with Gasteiger partial charge in [-0.15, -0.1) is 0 Å². The summed E-state index contributed by atoms with van der Waals surface area (Å²) in [6.45, 7) is 2.02. The Bertz CT molecular complexity index is 711. The summed E-state index contributed by atoms with van der Waals surface area (Å²) in [5, 5.41) is 2.78. The fourth-order valence-corrected chi connectivity index (χ4v) is 2.19. The SMILES string of the molecule is COc1cc(NC(=O)/C=C/c2ccc(C)cc2)cc(OC)c1OC. The summed E-state index contributed by atoms with van der Waals surface area (Å²) in [6, 6.07) is 11.3. The summed E-state index contributed by atoms with van der Waals surface area (Å²) in [4.78, 5) is 12.1. The maximum Gasteiger partial charge on any atom is 0.248 e. The Kier molecular flexibility index (Phi) is 5.84. The van der Waals surface area contributed by atoms with E-state index in [4.69, 9.17) is 14.2 Å². The summed E-state index contributed by atoms with van der Waals surface area (Å²) in [5.74, 6) is 1.20. The summed E-state index contributed by atoms with van der Waals surface area (Å²) in [7, 11) is 4.59. The van der Waals surface area contributed by atoms with Crippen molar-refractivity contribution in [3.8, 4) is 17.2 Å². The molecule has 1 amide bonds. The van der Waals surface area contributed by atoms with Gasteiger partial charge in [0.15, 0.2) is 11.5 Å². The highest BCUT2D eigenvalue weighted by Gasteiger charge is 2.13. The third-order valence-corrected chi connectivity index (χ3v) is 3.44. The lowest BCUT2D eigenvalue weighted by molar-refractivity contribution is -0.111. The molecule has 126 valence electrons. The van der Waals surface area contributed by atoms with Crippen molar-refractivity contribution >= 4 is 17.7 Å². The number of carbonyl (C=O) groups excluding carboxylic acids is 1. The van der Waals surface area contributed by atoms with Crippen molar-refractivity contribution < 1.29 is 19.0 Å². The minimum atomic E-state index is -0.246. The molecular weight excluding hydrogens is 306 g/mol. The fourth-order valence-electron chi connectivity index (χ4n) is 2.19. The number of anilines is 1. The van der Waals surface area contributed by atoms with Crippen molar-refractivity contribution in [3.63, 3.8) is 0 Å². The molecule has 0 heterocycles. The number of rotatable bonds is 6. The summed E-state index contributed by atoms with van der Waals surface area (Å²) < 4.78 is 15.8. The Morgan fingerprint density at radius 2 is 1.54 bits per heavy atom. The van der Waals surface area contributed by atoms with E-state index in [1.807, 2.05) is 31.2 Å². The monoisotopic (exact) mass is 327 g/mol. The van der Waals surface area contributed by atoms with Crippen molar-refractivity contribution in [2.75, 3.05) is 26.6 Å². The average Bonchev–Trinajstić information content (AvgIpc) is 2.60. The van der Waals surface area contributed by atoms with E-state index in [2.05, 4.69) is 5.32 Å². The van der Waals surface area contributed by atoms with E-state index in [1.165, 1.54) is 33.0 Å². The number of benzene rings is 2. The lowest BCUT2D eigenvalue weighted by Gasteiger charge is -2.14. The van der Waals surface area contributed by atoms with Gasteiger partial charge in [0.1, 0.15) is 0 Å². The Morgan fingerprint density at radius 1 is 0.958 bits per heavy atom. The summed E-state index contributed by atoms with van der Waals surface area (Å²) >= 11 is 0. The van der Waals surface area contributed by atoms with Crippen molar-refractivity contribution in [1.29, 1.82) is 0 Å². The van der Waals surface area contributed by atoms with Crippen LogP contribution in [0.1, 0.15) is 11.1 Å². The van der Waals surface area contributed by atoms with E-state index in [1.54, 1.807) is 18.2 Å². The molecule has 0 aromatic heterocycles. The van der Waals surface area contributed by atoms with Crippen LogP contribution < -0.4 is 19.5 Å². The maximum atomic E-state index is 12.1. The van der Waals surface area contributed by atoms with E-state index in [-0.39, 0.29) is 5.91 Å². The van der Waals surface area contributed by atoms with E-state index in [0.29, 0.717) is 22.9 Å². The van der Waals surface area contributed by atoms with E-state index in [0.717, 1.165) is 5.56 Å². The number of hydrogen-bond donors (Lipinski definition) is 1. The first kappa shape index (κ1) is 17.4. The number of hydrogen-bond acceptors (Lipinski definition) is 4. The predicted octanol–water partition coefficient (Wildman–Crippen LogP) is 3.67. The number of amides is 1. The zero-order valence-electron chi connectivity index (χ0n) is 14.3. The molecule has 2 aromatic rings. The highest BCUT2D eigenvalue weighted by molar-refractivity contribution is 6.02. The highest BCUT2D eigenvalue weighted by Crippen LogP contribution is 2.39. The first-order chi connectivity index (χ1) is 11.6. The van der Waals surface area contributed by atoms with Crippen LogP contribution in [0.25, 0.3) is 6.08 Å². The number of carbonyl (C=O) groups is 1. The number of aryl methyl sites for hydroxylation is 1. The molecular formula is C19H21NO4. The lowest BCUT2D eigenvalue weighted by atomic mass is 10.1. The minimum Gasteiger partial charge on any atom is -0.493 e. The molecule has 2 rings (SSSR count). The quantitative estimate of drug-likeness (QED) is 0.823. The number of nitrogens with one attached hydrogen (secondary N) is 1. The zero-order valence-corrected chi connectivity index (χ0v) is 14.3. The second-order valence-corrected chi connectivity index (χ2v) is 5.15. The van der Waals surface area contributed by atoms with E-state index in [9.17, 15) is 4.79 Å². The van der Waals surface area contributed by atoms with Gasteiger partial charge in [-0.3, -0.25) is 4.79 Å². The largest absolute Gasteiger partial charge is 0.493 e. The molecule has 0 saturated carbocycles. The van der Waals surface area contributed by atoms with Crippen molar-refractivity contribution in [2.45, 2.75) is 6.92 Å². The smallest absolute Gasteiger partial charge is 0.248 e. The van der Waals surface area contributed by atoms with Gasteiger partial charge < -0.3 is 19.5 Å². The Hall–Kier alpha value is -2.95. The van der Waals surface area contributed by atoms with Crippen LogP contribution in [0.4, 0.5) is 5.69 Å². The molecule has 1 N–H and O–H groups in total. The Balaban J connectivity index is 2.15. The van der Waals surface area contributed by atoms with Gasteiger partial charge in [-0.2, -0.15) is 0 Å². The van der Waals surface area contributed by atoms with Crippen LogP contribution in [0, 0.1) is 6.92 Å². The molecule has 2 aromatic carbocycles. The maximum absolute atomic E-state index is 12.1. The third-order valence-electron chi connectivity index (χ3n) is 3.44. The summed E-state index contributed by atoms with van der Waals surface area (Å²) in [5.41, 5.74) is 2.69. The fraction of sp³-hybridized carbons (Fsp3) is 0.211. The molecule has 0 fully saturated rings. The van der Waals surface area contributed by atoms with Crippen molar-refractivity contribution in [3.05, 3.63) is 53.6 Å². The first-order valence-electron chi connectivity index (χ1n) is 7.43. The van der Waals surface area contributed by atoms with Crippen LogP contribution in [0.3, 0.4) is 0 Å². The van der Waals surface area contributed by atoms with Crippen LogP contribution >= 0.6 is 0 Å². The Morgan fingerprint density at radius 3 is 2.04 bits per heavy atom. The molecule has 5 heteroatoms. The molecule has 5 nitrogen and oxygen atoms in total. The molecule has 0 aliphatic heterocycles. The van der Waals surface area contributed by atoms with Gasteiger partial charge in [0.25, 0.3) is 0 Å². The van der Waals surface area contributed by atoms with Gasteiger partial charge in [0.05, 0.1) is 21.3 Å². The normalized spacial score (nSPS) is 10.5. The first-order valence-corrected chi connectivity index (χ1v) is 7.43. The Labute approximate surface area is 141 Å². The lowest BCUT2D eigenvalue weighted by Crippen LogP contribution is -2.08. The van der Waals surface area contributed by atoms with Gasteiger partial charge in [-0.25, -0.2) is 0 Å². The number of ether oxygens (including phenoxy) is 3. The van der Waals surface area contributed by atoms with Gasteiger partial charge in [0.2, 0.25) is 11.7 Å². The molecule has 0 aliphatic rings. The van der Waals surface area contributed by atoms with Crippen LogP contribution in [0.2, 0.25) is 0 Å². The highest BCUT2D eigenvalue weighted by atomic mass is 16.5. The molecule has 0 spiro atoms. The van der Waals surface area contributed by atoms with Crippen LogP contribution in [-0.2, 0) is 4.79 Å². The minimum absolute atomic E-state index is 0.246. The van der Waals surface area contributed by atoms with Gasteiger partial charge in [-0.05, 0) is 18.6 Å². The van der Waals surface area contributed by atoms with E-state index >= 15 is 0 Å². The average molecular weight is 327 g/mol. The molecule has 0 bridgehead atoms. The van der Waals surface area contributed by atoms with Gasteiger partial charge >= 0.3 is 0 Å². The molecule has 0 atom stereocenters. The molecule has 0 aliphatic carbocycles. The second kappa shape index (κ2) is 8.06.